The molecule has 0 saturated carbocycles. The van der Waals surface area contributed by atoms with Crippen LogP contribution in [0.5, 0.6) is 5.88 Å². The van der Waals surface area contributed by atoms with Crippen LogP contribution in [0.25, 0.3) is 10.9 Å². The summed E-state index contributed by atoms with van der Waals surface area (Å²) in [5, 5.41) is 18.4. The summed E-state index contributed by atoms with van der Waals surface area (Å²) < 4.78 is 1.80. The number of nitrogens with zero attached hydrogens (tertiary/aromatic N) is 3. The number of carbonyl (C=O) groups is 1. The minimum absolute atomic E-state index is 0.0555. The fourth-order valence-corrected chi connectivity index (χ4v) is 2.04. The molecular formula is C14H17N3O2. The molecule has 0 aliphatic carbocycles. The van der Waals surface area contributed by atoms with Crippen molar-refractivity contribution in [3.05, 3.63) is 24.3 Å². The van der Waals surface area contributed by atoms with Crippen molar-refractivity contribution < 1.29 is 9.90 Å². The van der Waals surface area contributed by atoms with Gasteiger partial charge >= 0.3 is 0 Å². The van der Waals surface area contributed by atoms with Gasteiger partial charge in [0.05, 0.1) is 5.52 Å². The van der Waals surface area contributed by atoms with E-state index in [1.165, 1.54) is 6.92 Å². The van der Waals surface area contributed by atoms with Crippen molar-refractivity contribution in [3.63, 3.8) is 0 Å². The van der Waals surface area contributed by atoms with Crippen molar-refractivity contribution in [2.24, 2.45) is 16.1 Å². The molecule has 1 aromatic carbocycles. The van der Waals surface area contributed by atoms with E-state index in [2.05, 4.69) is 24.1 Å². The molecule has 2 rings (SSSR count). The fraction of sp³-hybridized carbons (Fsp3) is 0.357. The van der Waals surface area contributed by atoms with Gasteiger partial charge < -0.3 is 9.67 Å². The Morgan fingerprint density at radius 1 is 1.37 bits per heavy atom. The number of azo groups is 1. The number of aromatic nitrogens is 1. The average molecular weight is 259 g/mol. The fourth-order valence-electron chi connectivity index (χ4n) is 2.04. The van der Waals surface area contributed by atoms with Crippen LogP contribution in [0.4, 0.5) is 5.69 Å². The molecule has 2 aromatic rings. The zero-order valence-corrected chi connectivity index (χ0v) is 11.3. The molecule has 0 radical (unpaired) electrons. The number of benzene rings is 1. The maximum Gasteiger partial charge on any atom is 0.261 e. The summed E-state index contributed by atoms with van der Waals surface area (Å²) in [6.45, 7) is 6.16. The molecule has 0 bridgehead atoms. The van der Waals surface area contributed by atoms with Gasteiger partial charge in [0.1, 0.15) is 0 Å². The average Bonchev–Trinajstić information content (AvgIpc) is 2.60. The Morgan fingerprint density at radius 2 is 2.05 bits per heavy atom. The summed E-state index contributed by atoms with van der Waals surface area (Å²) in [6.07, 6.45) is 0. The third kappa shape index (κ3) is 2.65. The summed E-state index contributed by atoms with van der Waals surface area (Å²) in [6, 6.07) is 7.56. The van der Waals surface area contributed by atoms with Gasteiger partial charge in [-0.15, -0.1) is 10.2 Å². The number of amides is 1. The van der Waals surface area contributed by atoms with Gasteiger partial charge in [0.25, 0.3) is 5.91 Å². The molecule has 100 valence electrons. The Bertz CT molecular complexity index is 641. The topological polar surface area (TPSA) is 66.9 Å². The molecule has 19 heavy (non-hydrogen) atoms. The van der Waals surface area contributed by atoms with Gasteiger partial charge in [0.2, 0.25) is 5.88 Å². The number of para-hydroxylation sites is 1. The normalized spacial score (nSPS) is 11.8. The predicted octanol–water partition coefficient (Wildman–Crippen LogP) is 3.63. The highest BCUT2D eigenvalue weighted by Crippen LogP contribution is 2.39. The van der Waals surface area contributed by atoms with E-state index < -0.39 is 0 Å². The monoisotopic (exact) mass is 259 g/mol. The molecule has 0 spiro atoms. The maximum absolute atomic E-state index is 10.9. The van der Waals surface area contributed by atoms with Gasteiger partial charge in [0, 0.05) is 18.9 Å². The summed E-state index contributed by atoms with van der Waals surface area (Å²) in [4.78, 5) is 10.9. The third-order valence-corrected chi connectivity index (χ3v) is 2.76. The molecule has 1 aromatic heterocycles. The number of fused-ring (bicyclic) bond motifs is 1. The summed E-state index contributed by atoms with van der Waals surface area (Å²) in [7, 11) is 0. The van der Waals surface area contributed by atoms with Gasteiger partial charge in [-0.2, -0.15) is 0 Å². The molecule has 0 aliphatic rings. The highest BCUT2D eigenvalue weighted by Gasteiger charge is 2.16. The van der Waals surface area contributed by atoms with Crippen molar-refractivity contribution in [1.82, 2.24) is 4.57 Å². The van der Waals surface area contributed by atoms with E-state index in [0.717, 1.165) is 10.9 Å². The molecule has 0 fully saturated rings. The van der Waals surface area contributed by atoms with E-state index in [-0.39, 0.29) is 11.8 Å². The molecular weight excluding hydrogens is 242 g/mol. The van der Waals surface area contributed by atoms with E-state index in [9.17, 15) is 9.90 Å². The molecule has 5 nitrogen and oxygen atoms in total. The smallest absolute Gasteiger partial charge is 0.261 e. The minimum atomic E-state index is -0.389. The summed E-state index contributed by atoms with van der Waals surface area (Å²) in [5.41, 5.74) is 1.25. The van der Waals surface area contributed by atoms with Crippen LogP contribution in [-0.2, 0) is 11.3 Å². The number of carbonyl (C=O) groups excluding carboxylic acids is 1. The summed E-state index contributed by atoms with van der Waals surface area (Å²) in [5.74, 6) is 0.0549. The lowest BCUT2D eigenvalue weighted by molar-refractivity contribution is -0.116. The lowest BCUT2D eigenvalue weighted by Crippen LogP contribution is -2.03. The van der Waals surface area contributed by atoms with Crippen molar-refractivity contribution in [2.75, 3.05) is 0 Å². The standard InChI is InChI=1S/C14H17N3O2/c1-9(2)8-17-12-7-5-4-6-11(12)13(14(17)19)16-15-10(3)18/h4-7,9,19H,8H2,1-3H3. The van der Waals surface area contributed by atoms with Gasteiger partial charge in [-0.25, -0.2) is 0 Å². The Kier molecular flexibility index (Phi) is 3.64. The van der Waals surface area contributed by atoms with E-state index in [4.69, 9.17) is 0 Å². The molecule has 0 aliphatic heterocycles. The van der Waals surface area contributed by atoms with Crippen LogP contribution >= 0.6 is 0 Å². The Morgan fingerprint density at radius 3 is 2.68 bits per heavy atom. The highest BCUT2D eigenvalue weighted by atomic mass is 16.3. The number of hydrogen-bond acceptors (Lipinski definition) is 3. The summed E-state index contributed by atoms with van der Waals surface area (Å²) >= 11 is 0. The van der Waals surface area contributed by atoms with Crippen molar-refractivity contribution in [3.8, 4) is 5.88 Å². The van der Waals surface area contributed by atoms with Gasteiger partial charge in [-0.3, -0.25) is 4.79 Å². The maximum atomic E-state index is 10.9. The second-order valence-corrected chi connectivity index (χ2v) is 4.91. The largest absolute Gasteiger partial charge is 0.493 e. The lowest BCUT2D eigenvalue weighted by Gasteiger charge is -2.09. The van der Waals surface area contributed by atoms with E-state index in [1.54, 1.807) is 4.57 Å². The quantitative estimate of drug-likeness (QED) is 0.855. The Hall–Kier alpha value is -2.17. The van der Waals surface area contributed by atoms with Gasteiger partial charge in [0.15, 0.2) is 5.69 Å². The van der Waals surface area contributed by atoms with Crippen LogP contribution in [0.3, 0.4) is 0 Å². The van der Waals surface area contributed by atoms with Crippen molar-refractivity contribution >= 4 is 22.5 Å². The highest BCUT2D eigenvalue weighted by molar-refractivity contribution is 5.95. The first-order chi connectivity index (χ1) is 9.00. The SMILES string of the molecule is CC(=O)N=Nc1c(O)n(CC(C)C)c2ccccc12. The second-order valence-electron chi connectivity index (χ2n) is 4.91. The zero-order chi connectivity index (χ0) is 14.0. The molecule has 0 atom stereocenters. The van der Waals surface area contributed by atoms with Crippen LogP contribution in [0.2, 0.25) is 0 Å². The van der Waals surface area contributed by atoms with Crippen LogP contribution in [0.15, 0.2) is 34.5 Å². The third-order valence-electron chi connectivity index (χ3n) is 2.76. The molecule has 0 unspecified atom stereocenters. The van der Waals surface area contributed by atoms with E-state index in [0.29, 0.717) is 18.2 Å². The van der Waals surface area contributed by atoms with Crippen LogP contribution in [0, 0.1) is 5.92 Å². The minimum Gasteiger partial charge on any atom is -0.493 e. The number of rotatable bonds is 3. The van der Waals surface area contributed by atoms with Gasteiger partial charge in [-0.1, -0.05) is 32.0 Å². The number of hydrogen-bond donors (Lipinski definition) is 1. The first kappa shape index (κ1) is 13.3. The van der Waals surface area contributed by atoms with E-state index in [1.807, 2.05) is 24.3 Å². The lowest BCUT2D eigenvalue weighted by atomic mass is 10.2. The Labute approximate surface area is 111 Å². The Balaban J connectivity index is 2.63. The van der Waals surface area contributed by atoms with Crippen LogP contribution in [0.1, 0.15) is 20.8 Å². The molecule has 1 heterocycles. The van der Waals surface area contributed by atoms with Crippen LogP contribution in [-0.4, -0.2) is 15.6 Å². The number of aromatic hydroxyl groups is 1. The molecule has 1 amide bonds. The zero-order valence-electron chi connectivity index (χ0n) is 11.3. The van der Waals surface area contributed by atoms with Crippen molar-refractivity contribution in [1.29, 1.82) is 0 Å². The van der Waals surface area contributed by atoms with E-state index >= 15 is 0 Å². The van der Waals surface area contributed by atoms with Crippen LogP contribution < -0.4 is 0 Å². The van der Waals surface area contributed by atoms with Crippen molar-refractivity contribution in [2.45, 2.75) is 27.3 Å². The molecule has 1 N–H and O–H groups in total. The first-order valence-electron chi connectivity index (χ1n) is 6.23. The first-order valence-corrected chi connectivity index (χ1v) is 6.23. The van der Waals surface area contributed by atoms with Gasteiger partial charge in [-0.05, 0) is 12.0 Å². The second kappa shape index (κ2) is 5.22. The predicted molar refractivity (Wildman–Crippen MR) is 73.6 cm³/mol. The molecule has 0 saturated heterocycles. The molecule has 5 heteroatoms.